The minimum Gasteiger partial charge on any atom is -0.482 e. The van der Waals surface area contributed by atoms with E-state index in [2.05, 4.69) is 12.2 Å². The van der Waals surface area contributed by atoms with Crippen molar-refractivity contribution in [2.45, 2.75) is 26.7 Å². The molecule has 0 radical (unpaired) electrons. The van der Waals surface area contributed by atoms with Gasteiger partial charge in [0.05, 0.1) is 5.69 Å². The summed E-state index contributed by atoms with van der Waals surface area (Å²) >= 11 is 0. The third-order valence-electron chi connectivity index (χ3n) is 2.38. The number of unbranched alkanes of at least 4 members (excludes halogenated alkanes) is 1. The highest BCUT2D eigenvalue weighted by Crippen LogP contribution is 2.21. The molecule has 1 aromatic rings. The largest absolute Gasteiger partial charge is 0.482 e. The molecular weight excluding hydrogens is 216 g/mol. The average Bonchev–Trinajstić information content (AvgIpc) is 2.31. The maximum absolute atomic E-state index is 11.4. The van der Waals surface area contributed by atoms with E-state index in [0.29, 0.717) is 18.0 Å². The van der Waals surface area contributed by atoms with Crippen molar-refractivity contribution in [3.63, 3.8) is 0 Å². The van der Waals surface area contributed by atoms with E-state index >= 15 is 0 Å². The van der Waals surface area contributed by atoms with Gasteiger partial charge in [0.25, 0.3) is 5.91 Å². The summed E-state index contributed by atoms with van der Waals surface area (Å²) in [6, 6.07) is 5.51. The molecule has 0 unspecified atom stereocenters. The third kappa shape index (κ3) is 4.76. The zero-order chi connectivity index (χ0) is 12.7. The molecule has 0 aromatic heterocycles. The monoisotopic (exact) mass is 236 g/mol. The van der Waals surface area contributed by atoms with Gasteiger partial charge in [0.1, 0.15) is 5.75 Å². The first kappa shape index (κ1) is 13.4. The van der Waals surface area contributed by atoms with Crippen LogP contribution in [0.1, 0.15) is 25.3 Å². The summed E-state index contributed by atoms with van der Waals surface area (Å²) in [7, 11) is 0. The zero-order valence-corrected chi connectivity index (χ0v) is 10.5. The van der Waals surface area contributed by atoms with E-state index in [-0.39, 0.29) is 12.5 Å². The molecule has 4 heteroatoms. The molecule has 17 heavy (non-hydrogen) atoms. The number of nitrogen functional groups attached to an aromatic ring is 1. The molecule has 1 aromatic carbocycles. The van der Waals surface area contributed by atoms with E-state index in [9.17, 15) is 4.79 Å². The fourth-order valence-electron chi connectivity index (χ4n) is 1.37. The summed E-state index contributed by atoms with van der Waals surface area (Å²) in [5.74, 6) is 0.454. The minimum absolute atomic E-state index is 0.0113. The van der Waals surface area contributed by atoms with Crippen LogP contribution in [0.4, 0.5) is 5.69 Å². The summed E-state index contributed by atoms with van der Waals surface area (Å²) in [5, 5.41) is 2.78. The van der Waals surface area contributed by atoms with E-state index < -0.39 is 0 Å². The van der Waals surface area contributed by atoms with E-state index in [4.69, 9.17) is 10.5 Å². The molecule has 0 saturated carbocycles. The van der Waals surface area contributed by atoms with Gasteiger partial charge in [0.15, 0.2) is 6.61 Å². The number of ether oxygens (including phenoxy) is 1. The van der Waals surface area contributed by atoms with E-state index in [1.807, 2.05) is 19.1 Å². The standard InChI is InChI=1S/C13H20N2O2/c1-3-4-7-15-13(16)9-17-12-8-10(2)5-6-11(12)14/h5-6,8H,3-4,7,9,14H2,1-2H3,(H,15,16). The number of aryl methyl sites for hydroxylation is 1. The Bertz CT molecular complexity index is 378. The lowest BCUT2D eigenvalue weighted by Gasteiger charge is -2.09. The van der Waals surface area contributed by atoms with Crippen LogP contribution in [-0.2, 0) is 4.79 Å². The summed E-state index contributed by atoms with van der Waals surface area (Å²) in [6.45, 7) is 4.74. The molecule has 1 rings (SSSR count). The number of hydrogen-bond acceptors (Lipinski definition) is 3. The van der Waals surface area contributed by atoms with Crippen LogP contribution in [0.15, 0.2) is 18.2 Å². The van der Waals surface area contributed by atoms with Gasteiger partial charge < -0.3 is 15.8 Å². The third-order valence-corrected chi connectivity index (χ3v) is 2.38. The fraction of sp³-hybridized carbons (Fsp3) is 0.462. The Morgan fingerprint density at radius 1 is 1.47 bits per heavy atom. The molecule has 4 nitrogen and oxygen atoms in total. The van der Waals surface area contributed by atoms with Crippen LogP contribution in [0.25, 0.3) is 0 Å². The number of nitrogens with one attached hydrogen (secondary N) is 1. The Balaban J connectivity index is 2.39. The van der Waals surface area contributed by atoms with Crippen LogP contribution >= 0.6 is 0 Å². The maximum Gasteiger partial charge on any atom is 0.257 e. The quantitative estimate of drug-likeness (QED) is 0.585. The Morgan fingerprint density at radius 2 is 2.24 bits per heavy atom. The van der Waals surface area contributed by atoms with Crippen molar-refractivity contribution >= 4 is 11.6 Å². The van der Waals surface area contributed by atoms with Crippen LogP contribution in [-0.4, -0.2) is 19.1 Å². The number of rotatable bonds is 6. The van der Waals surface area contributed by atoms with Crippen molar-refractivity contribution in [2.75, 3.05) is 18.9 Å². The number of hydrogen-bond donors (Lipinski definition) is 2. The number of anilines is 1. The van der Waals surface area contributed by atoms with E-state index in [0.717, 1.165) is 18.4 Å². The molecule has 0 saturated heterocycles. The zero-order valence-electron chi connectivity index (χ0n) is 10.5. The molecule has 0 aliphatic rings. The highest BCUT2D eigenvalue weighted by atomic mass is 16.5. The fourth-order valence-corrected chi connectivity index (χ4v) is 1.37. The number of carbonyl (C=O) groups is 1. The number of nitrogens with two attached hydrogens (primary N) is 1. The predicted molar refractivity (Wildman–Crippen MR) is 69.0 cm³/mol. The van der Waals surface area contributed by atoms with Gasteiger partial charge >= 0.3 is 0 Å². The first-order valence-corrected chi connectivity index (χ1v) is 5.89. The SMILES string of the molecule is CCCCNC(=O)COc1cc(C)ccc1N. The Kier molecular flexibility index (Phi) is 5.33. The van der Waals surface area contributed by atoms with E-state index in [1.165, 1.54) is 0 Å². The predicted octanol–water partition coefficient (Wildman–Crippen LogP) is 1.87. The van der Waals surface area contributed by atoms with Gasteiger partial charge in [-0.05, 0) is 31.0 Å². The van der Waals surface area contributed by atoms with Gasteiger partial charge in [-0.1, -0.05) is 19.4 Å². The van der Waals surface area contributed by atoms with Gasteiger partial charge in [0.2, 0.25) is 0 Å². The maximum atomic E-state index is 11.4. The van der Waals surface area contributed by atoms with Gasteiger partial charge in [-0.25, -0.2) is 0 Å². The molecule has 1 amide bonds. The highest BCUT2D eigenvalue weighted by Gasteiger charge is 2.04. The molecule has 0 spiro atoms. The van der Waals surface area contributed by atoms with Crippen LogP contribution in [0.5, 0.6) is 5.75 Å². The average molecular weight is 236 g/mol. The number of amides is 1. The summed E-state index contributed by atoms with van der Waals surface area (Å²) in [4.78, 5) is 11.4. The lowest BCUT2D eigenvalue weighted by Crippen LogP contribution is -2.29. The second kappa shape index (κ2) is 6.78. The normalized spacial score (nSPS) is 10.0. The van der Waals surface area contributed by atoms with Crippen LogP contribution in [0.2, 0.25) is 0 Å². The van der Waals surface area contributed by atoms with E-state index in [1.54, 1.807) is 6.07 Å². The second-order valence-corrected chi connectivity index (χ2v) is 4.03. The number of benzene rings is 1. The van der Waals surface area contributed by atoms with Crippen molar-refractivity contribution in [2.24, 2.45) is 0 Å². The summed E-state index contributed by atoms with van der Waals surface area (Å²) in [6.07, 6.45) is 2.05. The Hall–Kier alpha value is -1.71. The molecule has 0 fully saturated rings. The first-order valence-electron chi connectivity index (χ1n) is 5.89. The summed E-state index contributed by atoms with van der Waals surface area (Å²) in [5.41, 5.74) is 7.35. The van der Waals surface area contributed by atoms with Crippen LogP contribution in [0, 0.1) is 6.92 Å². The van der Waals surface area contributed by atoms with Gasteiger partial charge in [0, 0.05) is 6.54 Å². The lowest BCUT2D eigenvalue weighted by atomic mass is 10.2. The molecule has 3 N–H and O–H groups in total. The Labute approximate surface area is 102 Å². The highest BCUT2D eigenvalue weighted by molar-refractivity contribution is 5.77. The second-order valence-electron chi connectivity index (χ2n) is 4.03. The van der Waals surface area contributed by atoms with Gasteiger partial charge in [-0.15, -0.1) is 0 Å². The summed E-state index contributed by atoms with van der Waals surface area (Å²) < 4.78 is 5.37. The van der Waals surface area contributed by atoms with Crippen molar-refractivity contribution < 1.29 is 9.53 Å². The molecule has 0 aliphatic heterocycles. The van der Waals surface area contributed by atoms with Crippen molar-refractivity contribution in [3.05, 3.63) is 23.8 Å². The molecule has 0 heterocycles. The Morgan fingerprint density at radius 3 is 2.94 bits per heavy atom. The van der Waals surface area contributed by atoms with Crippen molar-refractivity contribution in [1.29, 1.82) is 0 Å². The van der Waals surface area contributed by atoms with Crippen molar-refractivity contribution in [1.82, 2.24) is 5.32 Å². The van der Waals surface area contributed by atoms with Gasteiger partial charge in [-0.3, -0.25) is 4.79 Å². The first-order chi connectivity index (χ1) is 8.13. The smallest absolute Gasteiger partial charge is 0.257 e. The molecule has 0 aliphatic carbocycles. The van der Waals surface area contributed by atoms with Crippen molar-refractivity contribution in [3.8, 4) is 5.75 Å². The van der Waals surface area contributed by atoms with Crippen LogP contribution in [0.3, 0.4) is 0 Å². The lowest BCUT2D eigenvalue weighted by molar-refractivity contribution is -0.123. The molecule has 0 atom stereocenters. The molecule has 0 bridgehead atoms. The van der Waals surface area contributed by atoms with Crippen LogP contribution < -0.4 is 15.8 Å². The molecular formula is C13H20N2O2. The topological polar surface area (TPSA) is 64.3 Å². The molecule has 94 valence electrons. The number of carbonyl (C=O) groups excluding carboxylic acids is 1. The van der Waals surface area contributed by atoms with Gasteiger partial charge in [-0.2, -0.15) is 0 Å². The minimum atomic E-state index is -0.112.